The molecular formula is C14H22N2O2. The number of morpholine rings is 1. The molecule has 0 N–H and O–H groups in total. The standard InChI is InChI=1S/C14H22N2O2/c1-4-13(3)15-10-12(2)6-5-7-16-8-9-18-11-14(16)17/h4,10H,2,5-9,11H2,1,3H3/b13-4-,15-10?. The van der Waals surface area contributed by atoms with Gasteiger partial charge in [-0.15, -0.1) is 0 Å². The van der Waals surface area contributed by atoms with Crippen molar-refractivity contribution in [2.45, 2.75) is 26.7 Å². The summed E-state index contributed by atoms with van der Waals surface area (Å²) in [5.41, 5.74) is 1.98. The fourth-order valence-electron chi connectivity index (χ4n) is 1.62. The quantitative estimate of drug-likeness (QED) is 0.678. The van der Waals surface area contributed by atoms with Gasteiger partial charge in [-0.3, -0.25) is 9.79 Å². The zero-order valence-electron chi connectivity index (χ0n) is 11.3. The summed E-state index contributed by atoms with van der Waals surface area (Å²) in [6.07, 6.45) is 5.54. The number of amides is 1. The van der Waals surface area contributed by atoms with E-state index in [0.717, 1.165) is 30.7 Å². The predicted molar refractivity (Wildman–Crippen MR) is 73.7 cm³/mol. The smallest absolute Gasteiger partial charge is 0.248 e. The first kappa shape index (κ1) is 14.6. The van der Waals surface area contributed by atoms with Gasteiger partial charge in [0.05, 0.1) is 6.61 Å². The molecule has 4 heteroatoms. The Morgan fingerprint density at radius 1 is 1.61 bits per heavy atom. The summed E-state index contributed by atoms with van der Waals surface area (Å²) in [7, 11) is 0. The second-order valence-corrected chi connectivity index (χ2v) is 4.38. The summed E-state index contributed by atoms with van der Waals surface area (Å²) in [5, 5.41) is 0. The van der Waals surface area contributed by atoms with Gasteiger partial charge in [0.15, 0.2) is 0 Å². The van der Waals surface area contributed by atoms with E-state index in [4.69, 9.17) is 4.74 Å². The number of hydrogen-bond acceptors (Lipinski definition) is 3. The van der Waals surface area contributed by atoms with Gasteiger partial charge in [0.1, 0.15) is 6.61 Å². The number of carbonyl (C=O) groups is 1. The van der Waals surface area contributed by atoms with Crippen molar-refractivity contribution in [3.05, 3.63) is 23.9 Å². The van der Waals surface area contributed by atoms with Gasteiger partial charge in [0.25, 0.3) is 0 Å². The first-order valence-electron chi connectivity index (χ1n) is 6.33. The van der Waals surface area contributed by atoms with Crippen LogP contribution < -0.4 is 0 Å². The maximum absolute atomic E-state index is 11.5. The zero-order chi connectivity index (χ0) is 13.4. The van der Waals surface area contributed by atoms with Crippen LogP contribution in [0.2, 0.25) is 0 Å². The number of allylic oxidation sites excluding steroid dienone is 3. The van der Waals surface area contributed by atoms with E-state index < -0.39 is 0 Å². The van der Waals surface area contributed by atoms with E-state index in [1.165, 1.54) is 0 Å². The van der Waals surface area contributed by atoms with Gasteiger partial charge in [-0.2, -0.15) is 0 Å². The molecule has 0 aromatic heterocycles. The molecule has 4 nitrogen and oxygen atoms in total. The Balaban J connectivity index is 2.23. The molecule has 0 atom stereocenters. The second kappa shape index (κ2) is 7.82. The van der Waals surface area contributed by atoms with Crippen molar-refractivity contribution in [3.8, 4) is 0 Å². The van der Waals surface area contributed by atoms with Crippen molar-refractivity contribution in [1.29, 1.82) is 0 Å². The maximum atomic E-state index is 11.5. The minimum atomic E-state index is 0.0882. The zero-order valence-corrected chi connectivity index (χ0v) is 11.3. The third-order valence-electron chi connectivity index (χ3n) is 2.88. The lowest BCUT2D eigenvalue weighted by molar-refractivity contribution is -0.142. The normalized spacial score (nSPS) is 17.6. The van der Waals surface area contributed by atoms with Crippen LogP contribution >= 0.6 is 0 Å². The fourth-order valence-corrected chi connectivity index (χ4v) is 1.62. The highest BCUT2D eigenvalue weighted by molar-refractivity contribution is 5.79. The second-order valence-electron chi connectivity index (χ2n) is 4.38. The molecule has 0 bridgehead atoms. The van der Waals surface area contributed by atoms with Gasteiger partial charge in [-0.25, -0.2) is 0 Å². The molecule has 1 saturated heterocycles. The van der Waals surface area contributed by atoms with Gasteiger partial charge in [-0.05, 0) is 32.3 Å². The van der Waals surface area contributed by atoms with Crippen LogP contribution in [0.15, 0.2) is 28.9 Å². The Hall–Kier alpha value is -1.42. The van der Waals surface area contributed by atoms with Crippen LogP contribution in [0.1, 0.15) is 26.7 Å². The minimum absolute atomic E-state index is 0.0882. The first-order chi connectivity index (χ1) is 8.63. The average molecular weight is 250 g/mol. The van der Waals surface area contributed by atoms with Crippen LogP contribution in [-0.2, 0) is 9.53 Å². The molecule has 1 aliphatic rings. The number of hydrogen-bond donors (Lipinski definition) is 0. The lowest BCUT2D eigenvalue weighted by Crippen LogP contribution is -2.42. The lowest BCUT2D eigenvalue weighted by Gasteiger charge is -2.26. The third kappa shape index (κ3) is 5.27. The van der Waals surface area contributed by atoms with E-state index in [1.54, 1.807) is 6.21 Å². The van der Waals surface area contributed by atoms with E-state index in [-0.39, 0.29) is 12.5 Å². The number of aliphatic imine (C=N–C) groups is 1. The van der Waals surface area contributed by atoms with Crippen molar-refractivity contribution in [1.82, 2.24) is 4.90 Å². The van der Waals surface area contributed by atoms with Crippen molar-refractivity contribution in [3.63, 3.8) is 0 Å². The monoisotopic (exact) mass is 250 g/mol. The molecule has 100 valence electrons. The van der Waals surface area contributed by atoms with Crippen LogP contribution in [-0.4, -0.2) is 43.3 Å². The Labute approximate surface area is 109 Å². The maximum Gasteiger partial charge on any atom is 0.248 e. The van der Waals surface area contributed by atoms with Gasteiger partial charge in [0.2, 0.25) is 5.91 Å². The van der Waals surface area contributed by atoms with E-state index >= 15 is 0 Å². The summed E-state index contributed by atoms with van der Waals surface area (Å²) in [5.74, 6) is 0.0882. The number of carbonyl (C=O) groups excluding carboxylic acids is 1. The SMILES string of the molecule is C=C(C=N/C(C)=C\C)CCCN1CCOCC1=O. The van der Waals surface area contributed by atoms with Crippen LogP contribution in [0, 0.1) is 0 Å². The molecule has 0 spiro atoms. The van der Waals surface area contributed by atoms with E-state index in [1.807, 2.05) is 24.8 Å². The third-order valence-corrected chi connectivity index (χ3v) is 2.88. The molecule has 0 saturated carbocycles. The topological polar surface area (TPSA) is 41.9 Å². The predicted octanol–water partition coefficient (Wildman–Crippen LogP) is 2.18. The average Bonchev–Trinajstić information content (AvgIpc) is 2.38. The molecule has 0 aliphatic carbocycles. The number of nitrogens with zero attached hydrogens (tertiary/aromatic N) is 2. The van der Waals surface area contributed by atoms with Gasteiger partial charge in [-0.1, -0.05) is 12.7 Å². The molecule has 0 radical (unpaired) electrons. The van der Waals surface area contributed by atoms with Crippen LogP contribution in [0.25, 0.3) is 0 Å². The molecule has 1 amide bonds. The fraction of sp³-hybridized carbons (Fsp3) is 0.571. The molecule has 1 heterocycles. The summed E-state index contributed by atoms with van der Waals surface area (Å²) >= 11 is 0. The van der Waals surface area contributed by atoms with Gasteiger partial charge >= 0.3 is 0 Å². The summed E-state index contributed by atoms with van der Waals surface area (Å²) < 4.78 is 5.08. The highest BCUT2D eigenvalue weighted by Gasteiger charge is 2.17. The first-order valence-corrected chi connectivity index (χ1v) is 6.33. The highest BCUT2D eigenvalue weighted by Crippen LogP contribution is 2.06. The molecule has 1 rings (SSSR count). The summed E-state index contributed by atoms with van der Waals surface area (Å²) in [4.78, 5) is 17.6. The van der Waals surface area contributed by atoms with E-state index in [2.05, 4.69) is 11.6 Å². The summed E-state index contributed by atoms with van der Waals surface area (Å²) in [6.45, 7) is 10.2. The molecular weight excluding hydrogens is 228 g/mol. The lowest BCUT2D eigenvalue weighted by atomic mass is 10.1. The molecule has 0 unspecified atom stereocenters. The molecule has 0 aromatic carbocycles. The van der Waals surface area contributed by atoms with Crippen molar-refractivity contribution < 1.29 is 9.53 Å². The molecule has 0 aromatic rings. The number of ether oxygens (including phenoxy) is 1. The van der Waals surface area contributed by atoms with Gasteiger partial charge in [0, 0.05) is 25.0 Å². The van der Waals surface area contributed by atoms with Gasteiger partial charge < -0.3 is 9.64 Å². The van der Waals surface area contributed by atoms with E-state index in [0.29, 0.717) is 13.2 Å². The largest absolute Gasteiger partial charge is 0.370 e. The number of rotatable bonds is 6. The molecule has 1 fully saturated rings. The van der Waals surface area contributed by atoms with Crippen LogP contribution in [0.3, 0.4) is 0 Å². The molecule has 18 heavy (non-hydrogen) atoms. The van der Waals surface area contributed by atoms with Crippen molar-refractivity contribution >= 4 is 12.1 Å². The van der Waals surface area contributed by atoms with E-state index in [9.17, 15) is 4.79 Å². The van der Waals surface area contributed by atoms with Crippen molar-refractivity contribution in [2.24, 2.45) is 4.99 Å². The van der Waals surface area contributed by atoms with Crippen LogP contribution in [0.5, 0.6) is 0 Å². The Morgan fingerprint density at radius 3 is 3.06 bits per heavy atom. The molecule has 1 aliphatic heterocycles. The summed E-state index contributed by atoms with van der Waals surface area (Å²) in [6, 6.07) is 0. The minimum Gasteiger partial charge on any atom is -0.370 e. The highest BCUT2D eigenvalue weighted by atomic mass is 16.5. The van der Waals surface area contributed by atoms with Crippen LogP contribution in [0.4, 0.5) is 0 Å². The Morgan fingerprint density at radius 2 is 2.39 bits per heavy atom. The Kier molecular flexibility index (Phi) is 6.36. The Bertz CT molecular complexity index is 359. The van der Waals surface area contributed by atoms with Crippen molar-refractivity contribution in [2.75, 3.05) is 26.3 Å².